The zero-order chi connectivity index (χ0) is 16.1. The Hall–Kier alpha value is -1.50. The number of nitrogens with zero attached hydrogens (tertiary/aromatic N) is 2. The standard InChI is InChI=1S/C17H25N3O3/c1-14(21)20-8-9-22-13-17(12-20)5-2-16(23-17)11-19-10-15-3-6-18-7-4-15/h3-4,6-7,16,19H,2,5,8-13H2,1H3/t16-,17+/m0/s1. The number of aromatic nitrogens is 1. The molecule has 126 valence electrons. The van der Waals surface area contributed by atoms with Gasteiger partial charge in [-0.1, -0.05) is 0 Å². The van der Waals surface area contributed by atoms with Gasteiger partial charge in [-0.2, -0.15) is 0 Å². The number of ether oxygens (including phenoxy) is 2. The van der Waals surface area contributed by atoms with Crippen LogP contribution in [0.25, 0.3) is 0 Å². The zero-order valence-electron chi connectivity index (χ0n) is 13.7. The number of nitrogens with one attached hydrogen (secondary N) is 1. The average Bonchev–Trinajstić information content (AvgIpc) is 2.81. The average molecular weight is 319 g/mol. The van der Waals surface area contributed by atoms with Gasteiger partial charge in [0, 0.05) is 39.0 Å². The van der Waals surface area contributed by atoms with E-state index in [2.05, 4.69) is 10.3 Å². The van der Waals surface area contributed by atoms with E-state index in [1.807, 2.05) is 17.0 Å². The number of hydrogen-bond acceptors (Lipinski definition) is 5. The molecular formula is C17H25N3O3. The van der Waals surface area contributed by atoms with Crippen LogP contribution in [0.5, 0.6) is 0 Å². The van der Waals surface area contributed by atoms with Gasteiger partial charge in [-0.05, 0) is 30.5 Å². The highest BCUT2D eigenvalue weighted by molar-refractivity contribution is 5.73. The molecule has 1 aromatic heterocycles. The van der Waals surface area contributed by atoms with Crippen LogP contribution < -0.4 is 5.32 Å². The smallest absolute Gasteiger partial charge is 0.219 e. The summed E-state index contributed by atoms with van der Waals surface area (Å²) in [6, 6.07) is 4.02. The maximum Gasteiger partial charge on any atom is 0.219 e. The van der Waals surface area contributed by atoms with Crippen LogP contribution in [0.1, 0.15) is 25.3 Å². The van der Waals surface area contributed by atoms with Crippen molar-refractivity contribution in [3.05, 3.63) is 30.1 Å². The lowest BCUT2D eigenvalue weighted by atomic mass is 10.00. The maximum absolute atomic E-state index is 11.7. The molecule has 1 N–H and O–H groups in total. The van der Waals surface area contributed by atoms with Gasteiger partial charge in [-0.25, -0.2) is 0 Å². The van der Waals surface area contributed by atoms with Crippen LogP contribution in [0.3, 0.4) is 0 Å². The minimum Gasteiger partial charge on any atom is -0.377 e. The number of amides is 1. The van der Waals surface area contributed by atoms with Gasteiger partial charge in [0.05, 0.1) is 25.9 Å². The largest absolute Gasteiger partial charge is 0.377 e. The van der Waals surface area contributed by atoms with Crippen molar-refractivity contribution in [3.63, 3.8) is 0 Å². The minimum atomic E-state index is -0.328. The molecule has 0 aliphatic carbocycles. The van der Waals surface area contributed by atoms with Crippen LogP contribution in [0.15, 0.2) is 24.5 Å². The molecule has 6 nitrogen and oxygen atoms in total. The Balaban J connectivity index is 1.50. The predicted molar refractivity (Wildman–Crippen MR) is 85.9 cm³/mol. The second kappa shape index (κ2) is 7.38. The number of hydrogen-bond donors (Lipinski definition) is 1. The molecule has 1 spiro atoms. The Bertz CT molecular complexity index is 525. The molecule has 3 rings (SSSR count). The summed E-state index contributed by atoms with van der Waals surface area (Å²) in [7, 11) is 0. The summed E-state index contributed by atoms with van der Waals surface area (Å²) in [5, 5.41) is 3.44. The Labute approximate surface area is 137 Å². The molecule has 1 aromatic rings. The highest BCUT2D eigenvalue weighted by Gasteiger charge is 2.43. The monoisotopic (exact) mass is 319 g/mol. The molecule has 1 amide bonds. The Morgan fingerprint density at radius 2 is 2.30 bits per heavy atom. The van der Waals surface area contributed by atoms with E-state index in [9.17, 15) is 4.79 Å². The third-order valence-electron chi connectivity index (χ3n) is 4.58. The molecule has 2 aliphatic heterocycles. The minimum absolute atomic E-state index is 0.0951. The Morgan fingerprint density at radius 1 is 1.48 bits per heavy atom. The maximum atomic E-state index is 11.7. The van der Waals surface area contributed by atoms with Gasteiger partial charge in [0.2, 0.25) is 5.91 Å². The van der Waals surface area contributed by atoms with E-state index in [0.29, 0.717) is 26.3 Å². The van der Waals surface area contributed by atoms with Gasteiger partial charge >= 0.3 is 0 Å². The molecule has 0 bridgehead atoms. The summed E-state index contributed by atoms with van der Waals surface area (Å²) in [6.07, 6.45) is 5.72. The van der Waals surface area contributed by atoms with Crippen LogP contribution in [-0.4, -0.2) is 60.3 Å². The first kappa shape index (κ1) is 16.4. The van der Waals surface area contributed by atoms with Crippen molar-refractivity contribution in [1.82, 2.24) is 15.2 Å². The second-order valence-corrected chi connectivity index (χ2v) is 6.44. The van der Waals surface area contributed by atoms with Gasteiger partial charge < -0.3 is 19.7 Å². The predicted octanol–water partition coefficient (Wildman–Crippen LogP) is 0.968. The van der Waals surface area contributed by atoms with Gasteiger partial charge in [-0.15, -0.1) is 0 Å². The van der Waals surface area contributed by atoms with E-state index < -0.39 is 0 Å². The summed E-state index contributed by atoms with van der Waals surface area (Å²) < 4.78 is 12.0. The highest BCUT2D eigenvalue weighted by atomic mass is 16.6. The highest BCUT2D eigenvalue weighted by Crippen LogP contribution is 2.32. The molecule has 2 aliphatic rings. The molecule has 6 heteroatoms. The third-order valence-corrected chi connectivity index (χ3v) is 4.58. The van der Waals surface area contributed by atoms with Crippen molar-refractivity contribution in [2.24, 2.45) is 0 Å². The van der Waals surface area contributed by atoms with Crippen LogP contribution in [0.4, 0.5) is 0 Å². The molecule has 0 saturated carbocycles. The van der Waals surface area contributed by atoms with E-state index in [-0.39, 0.29) is 17.6 Å². The van der Waals surface area contributed by atoms with E-state index in [4.69, 9.17) is 9.47 Å². The van der Waals surface area contributed by atoms with E-state index in [1.54, 1.807) is 19.3 Å². The molecule has 2 saturated heterocycles. The van der Waals surface area contributed by atoms with Crippen molar-refractivity contribution in [2.75, 3.05) is 32.8 Å². The van der Waals surface area contributed by atoms with Crippen molar-refractivity contribution in [1.29, 1.82) is 0 Å². The van der Waals surface area contributed by atoms with Gasteiger partial charge in [0.15, 0.2) is 0 Å². The summed E-state index contributed by atoms with van der Waals surface area (Å²) in [6.45, 7) is 5.71. The first-order valence-corrected chi connectivity index (χ1v) is 8.28. The molecule has 23 heavy (non-hydrogen) atoms. The quantitative estimate of drug-likeness (QED) is 0.896. The van der Waals surface area contributed by atoms with E-state index in [1.165, 1.54) is 5.56 Å². The van der Waals surface area contributed by atoms with Gasteiger partial charge in [0.25, 0.3) is 0 Å². The topological polar surface area (TPSA) is 63.7 Å². The fourth-order valence-corrected chi connectivity index (χ4v) is 3.31. The van der Waals surface area contributed by atoms with Gasteiger partial charge in [0.1, 0.15) is 5.60 Å². The number of carbonyl (C=O) groups is 1. The third kappa shape index (κ3) is 4.28. The Kier molecular flexibility index (Phi) is 5.25. The fourth-order valence-electron chi connectivity index (χ4n) is 3.31. The normalized spacial score (nSPS) is 28.0. The molecule has 3 heterocycles. The van der Waals surface area contributed by atoms with Crippen molar-refractivity contribution < 1.29 is 14.3 Å². The van der Waals surface area contributed by atoms with E-state index in [0.717, 1.165) is 25.9 Å². The first-order valence-electron chi connectivity index (χ1n) is 8.28. The lowest BCUT2D eigenvalue weighted by Gasteiger charge is -2.31. The lowest BCUT2D eigenvalue weighted by Crippen LogP contribution is -2.46. The molecule has 2 fully saturated rings. The van der Waals surface area contributed by atoms with Crippen LogP contribution in [0, 0.1) is 0 Å². The summed E-state index contributed by atoms with van der Waals surface area (Å²) in [5.74, 6) is 0.0951. The summed E-state index contributed by atoms with van der Waals surface area (Å²) in [5.41, 5.74) is 0.888. The lowest BCUT2D eigenvalue weighted by molar-refractivity contribution is -0.133. The van der Waals surface area contributed by atoms with Crippen molar-refractivity contribution in [3.8, 4) is 0 Å². The number of rotatable bonds is 4. The van der Waals surface area contributed by atoms with Gasteiger partial charge in [-0.3, -0.25) is 9.78 Å². The first-order chi connectivity index (χ1) is 11.2. The second-order valence-electron chi connectivity index (χ2n) is 6.44. The molecular weight excluding hydrogens is 294 g/mol. The van der Waals surface area contributed by atoms with Crippen molar-refractivity contribution in [2.45, 2.75) is 38.0 Å². The number of carbonyl (C=O) groups excluding carboxylic acids is 1. The molecule has 0 radical (unpaired) electrons. The summed E-state index contributed by atoms with van der Waals surface area (Å²) in [4.78, 5) is 17.6. The number of pyridine rings is 1. The van der Waals surface area contributed by atoms with Crippen molar-refractivity contribution >= 4 is 5.91 Å². The molecule has 0 aromatic carbocycles. The van der Waals surface area contributed by atoms with Crippen LogP contribution >= 0.6 is 0 Å². The molecule has 0 unspecified atom stereocenters. The van der Waals surface area contributed by atoms with Crippen LogP contribution in [-0.2, 0) is 20.8 Å². The van der Waals surface area contributed by atoms with Crippen LogP contribution in [0.2, 0.25) is 0 Å². The summed E-state index contributed by atoms with van der Waals surface area (Å²) >= 11 is 0. The molecule has 2 atom stereocenters. The SMILES string of the molecule is CC(=O)N1CCOC[C@@]2(CC[C@@H](CNCc3ccncc3)O2)C1. The van der Waals surface area contributed by atoms with E-state index >= 15 is 0 Å². The fraction of sp³-hybridized carbons (Fsp3) is 0.647. The zero-order valence-corrected chi connectivity index (χ0v) is 13.7. The Morgan fingerprint density at radius 3 is 3.09 bits per heavy atom.